The van der Waals surface area contributed by atoms with Crippen molar-refractivity contribution in [1.29, 1.82) is 0 Å². The zero-order chi connectivity index (χ0) is 13.1. The Hall–Kier alpha value is -2.00. The Bertz CT molecular complexity index is 596. The first kappa shape index (κ1) is 12.5. The standard InChI is InChI=1S/C14H13ClN2O/c1-9-4-2-3-5-13(9)17-14(18)10-6-7-11(15)12(16)8-10/h2-8H,16H2,1H3,(H,17,18). The van der Waals surface area contributed by atoms with E-state index in [2.05, 4.69) is 5.32 Å². The molecule has 0 unspecified atom stereocenters. The van der Waals surface area contributed by atoms with Crippen LogP contribution in [0.1, 0.15) is 15.9 Å². The lowest BCUT2D eigenvalue weighted by atomic mass is 10.1. The number of carbonyl (C=O) groups is 1. The average Bonchev–Trinajstić information content (AvgIpc) is 2.35. The van der Waals surface area contributed by atoms with E-state index in [0.29, 0.717) is 16.3 Å². The van der Waals surface area contributed by atoms with Gasteiger partial charge in [0.2, 0.25) is 0 Å². The molecule has 0 saturated heterocycles. The molecule has 0 atom stereocenters. The Morgan fingerprint density at radius 2 is 1.94 bits per heavy atom. The summed E-state index contributed by atoms with van der Waals surface area (Å²) in [5, 5.41) is 3.28. The monoisotopic (exact) mass is 260 g/mol. The number of halogens is 1. The van der Waals surface area contributed by atoms with E-state index in [1.54, 1.807) is 18.2 Å². The van der Waals surface area contributed by atoms with Crippen molar-refractivity contribution in [3.63, 3.8) is 0 Å². The van der Waals surface area contributed by atoms with E-state index in [1.807, 2.05) is 31.2 Å². The third kappa shape index (κ3) is 2.63. The van der Waals surface area contributed by atoms with Crippen LogP contribution in [0.3, 0.4) is 0 Å². The summed E-state index contributed by atoms with van der Waals surface area (Å²) in [6, 6.07) is 12.4. The third-order valence-electron chi connectivity index (χ3n) is 2.65. The second kappa shape index (κ2) is 5.10. The van der Waals surface area contributed by atoms with Crippen LogP contribution in [0.25, 0.3) is 0 Å². The highest BCUT2D eigenvalue weighted by Gasteiger charge is 2.08. The smallest absolute Gasteiger partial charge is 0.255 e. The molecule has 1 amide bonds. The summed E-state index contributed by atoms with van der Waals surface area (Å²) in [5.41, 5.74) is 8.35. The summed E-state index contributed by atoms with van der Waals surface area (Å²) >= 11 is 5.81. The molecule has 0 heterocycles. The van der Waals surface area contributed by atoms with Gasteiger partial charge in [0.15, 0.2) is 0 Å². The van der Waals surface area contributed by atoms with Gasteiger partial charge in [-0.3, -0.25) is 4.79 Å². The van der Waals surface area contributed by atoms with Crippen LogP contribution >= 0.6 is 11.6 Å². The fraction of sp³-hybridized carbons (Fsp3) is 0.0714. The van der Waals surface area contributed by atoms with E-state index in [1.165, 1.54) is 0 Å². The van der Waals surface area contributed by atoms with Gasteiger partial charge in [-0.25, -0.2) is 0 Å². The van der Waals surface area contributed by atoms with Crippen molar-refractivity contribution in [3.8, 4) is 0 Å². The molecule has 3 N–H and O–H groups in total. The van der Waals surface area contributed by atoms with Crippen LogP contribution < -0.4 is 11.1 Å². The van der Waals surface area contributed by atoms with Gasteiger partial charge in [-0.1, -0.05) is 29.8 Å². The van der Waals surface area contributed by atoms with Gasteiger partial charge in [0, 0.05) is 11.3 Å². The van der Waals surface area contributed by atoms with Crippen LogP contribution in [-0.2, 0) is 0 Å². The van der Waals surface area contributed by atoms with Crippen molar-refractivity contribution in [2.75, 3.05) is 11.1 Å². The molecule has 0 spiro atoms. The van der Waals surface area contributed by atoms with Gasteiger partial charge in [-0.05, 0) is 36.8 Å². The molecule has 0 aliphatic heterocycles. The SMILES string of the molecule is Cc1ccccc1NC(=O)c1ccc(Cl)c(N)c1. The third-order valence-corrected chi connectivity index (χ3v) is 3.00. The number of anilines is 2. The van der Waals surface area contributed by atoms with Crippen molar-refractivity contribution in [2.45, 2.75) is 6.92 Å². The highest BCUT2D eigenvalue weighted by molar-refractivity contribution is 6.33. The van der Waals surface area contributed by atoms with Gasteiger partial charge in [-0.2, -0.15) is 0 Å². The lowest BCUT2D eigenvalue weighted by Gasteiger charge is -2.08. The van der Waals surface area contributed by atoms with E-state index in [-0.39, 0.29) is 5.91 Å². The zero-order valence-corrected chi connectivity index (χ0v) is 10.7. The van der Waals surface area contributed by atoms with Crippen LogP contribution in [0.4, 0.5) is 11.4 Å². The van der Waals surface area contributed by atoms with Crippen molar-refractivity contribution in [2.24, 2.45) is 0 Å². The Morgan fingerprint density at radius 3 is 2.61 bits per heavy atom. The number of hydrogen-bond donors (Lipinski definition) is 2. The van der Waals surface area contributed by atoms with Crippen LogP contribution in [0.5, 0.6) is 0 Å². The number of carbonyl (C=O) groups excluding carboxylic acids is 1. The second-order valence-corrected chi connectivity index (χ2v) is 4.41. The molecule has 2 aromatic rings. The minimum absolute atomic E-state index is 0.201. The molecular weight excluding hydrogens is 248 g/mol. The summed E-state index contributed by atoms with van der Waals surface area (Å²) in [6.45, 7) is 1.94. The first-order valence-corrected chi connectivity index (χ1v) is 5.88. The molecule has 0 bridgehead atoms. The van der Waals surface area contributed by atoms with Crippen molar-refractivity contribution < 1.29 is 4.79 Å². The lowest BCUT2D eigenvalue weighted by Crippen LogP contribution is -2.13. The number of nitrogen functional groups attached to an aromatic ring is 1. The molecule has 0 saturated carbocycles. The molecule has 0 aliphatic carbocycles. The zero-order valence-electron chi connectivity index (χ0n) is 9.91. The first-order valence-electron chi connectivity index (χ1n) is 5.50. The minimum atomic E-state index is -0.201. The largest absolute Gasteiger partial charge is 0.398 e. The molecule has 3 nitrogen and oxygen atoms in total. The molecule has 0 fully saturated rings. The molecule has 18 heavy (non-hydrogen) atoms. The van der Waals surface area contributed by atoms with Crippen molar-refractivity contribution in [1.82, 2.24) is 0 Å². The fourth-order valence-electron chi connectivity index (χ4n) is 1.59. The summed E-state index contributed by atoms with van der Waals surface area (Å²) in [7, 11) is 0. The number of benzene rings is 2. The summed E-state index contributed by atoms with van der Waals surface area (Å²) in [6.07, 6.45) is 0. The van der Waals surface area contributed by atoms with Crippen LogP contribution in [0.2, 0.25) is 5.02 Å². The van der Waals surface area contributed by atoms with E-state index in [4.69, 9.17) is 17.3 Å². The van der Waals surface area contributed by atoms with E-state index in [0.717, 1.165) is 11.3 Å². The van der Waals surface area contributed by atoms with Gasteiger partial charge >= 0.3 is 0 Å². The van der Waals surface area contributed by atoms with Crippen LogP contribution in [0, 0.1) is 6.92 Å². The molecule has 0 aromatic heterocycles. The van der Waals surface area contributed by atoms with Gasteiger partial charge < -0.3 is 11.1 Å². The average molecular weight is 261 g/mol. The van der Waals surface area contributed by atoms with E-state index < -0.39 is 0 Å². The number of aryl methyl sites for hydroxylation is 1. The summed E-state index contributed by atoms with van der Waals surface area (Å²) < 4.78 is 0. The van der Waals surface area contributed by atoms with E-state index in [9.17, 15) is 4.79 Å². The van der Waals surface area contributed by atoms with Gasteiger partial charge in [0.25, 0.3) is 5.91 Å². The van der Waals surface area contributed by atoms with Crippen molar-refractivity contribution >= 4 is 28.9 Å². The highest BCUT2D eigenvalue weighted by Crippen LogP contribution is 2.21. The molecule has 0 radical (unpaired) electrons. The van der Waals surface area contributed by atoms with Gasteiger partial charge in [0.1, 0.15) is 0 Å². The maximum Gasteiger partial charge on any atom is 0.255 e. The molecule has 2 aromatic carbocycles. The predicted molar refractivity (Wildman–Crippen MR) is 75.0 cm³/mol. The van der Waals surface area contributed by atoms with Crippen molar-refractivity contribution in [3.05, 3.63) is 58.6 Å². The topological polar surface area (TPSA) is 55.1 Å². The van der Waals surface area contributed by atoms with E-state index >= 15 is 0 Å². The Labute approximate surface area is 111 Å². The molecule has 0 aliphatic rings. The second-order valence-electron chi connectivity index (χ2n) is 4.01. The number of nitrogens with one attached hydrogen (secondary N) is 1. The summed E-state index contributed by atoms with van der Waals surface area (Å²) in [5.74, 6) is -0.201. The van der Waals surface area contributed by atoms with Crippen LogP contribution in [0.15, 0.2) is 42.5 Å². The lowest BCUT2D eigenvalue weighted by molar-refractivity contribution is 0.102. The Morgan fingerprint density at radius 1 is 1.22 bits per heavy atom. The number of para-hydroxylation sites is 1. The molecule has 2 rings (SSSR count). The Kier molecular flexibility index (Phi) is 3.53. The first-order chi connectivity index (χ1) is 8.58. The number of nitrogens with two attached hydrogens (primary N) is 1. The quantitative estimate of drug-likeness (QED) is 0.812. The van der Waals surface area contributed by atoms with Crippen LogP contribution in [-0.4, -0.2) is 5.91 Å². The highest BCUT2D eigenvalue weighted by atomic mass is 35.5. The van der Waals surface area contributed by atoms with Gasteiger partial charge in [-0.15, -0.1) is 0 Å². The maximum absolute atomic E-state index is 12.0. The maximum atomic E-state index is 12.0. The molecular formula is C14H13ClN2O. The molecule has 4 heteroatoms. The van der Waals surface area contributed by atoms with Gasteiger partial charge in [0.05, 0.1) is 10.7 Å². The fourth-order valence-corrected chi connectivity index (χ4v) is 1.71. The Balaban J connectivity index is 2.22. The summed E-state index contributed by atoms with van der Waals surface area (Å²) in [4.78, 5) is 12.0. The minimum Gasteiger partial charge on any atom is -0.398 e. The molecule has 92 valence electrons. The normalized spacial score (nSPS) is 10.1. The number of hydrogen-bond acceptors (Lipinski definition) is 2. The predicted octanol–water partition coefficient (Wildman–Crippen LogP) is 3.48. The number of amides is 1. The number of rotatable bonds is 2.